The maximum absolute atomic E-state index is 10.2. The van der Waals surface area contributed by atoms with E-state index in [1.54, 1.807) is 18.3 Å². The van der Waals surface area contributed by atoms with Gasteiger partial charge in [0.1, 0.15) is 5.82 Å². The van der Waals surface area contributed by atoms with E-state index in [0.29, 0.717) is 5.82 Å². The fraction of sp³-hybridized carbons (Fsp3) is 0.111. The Morgan fingerprint density at radius 1 is 1.62 bits per heavy atom. The highest BCUT2D eigenvalue weighted by Crippen LogP contribution is 2.05. The van der Waals surface area contributed by atoms with Crippen LogP contribution in [0.25, 0.3) is 6.08 Å². The highest BCUT2D eigenvalue weighted by atomic mass is 16.4. The number of allylic oxidation sites excluding steroid dienone is 1. The largest absolute Gasteiger partial charge is 0.465 e. The molecular weight excluding hydrogens is 168 g/mol. The lowest BCUT2D eigenvalue weighted by atomic mass is 10.2. The Kier molecular flexibility index (Phi) is 3.03. The highest BCUT2D eigenvalue weighted by molar-refractivity contribution is 5.81. The first-order valence-electron chi connectivity index (χ1n) is 3.81. The summed E-state index contributed by atoms with van der Waals surface area (Å²) < 4.78 is 0. The lowest BCUT2D eigenvalue weighted by molar-refractivity contribution is 0.209. The molecule has 0 aliphatic carbocycles. The molecule has 4 heteroatoms. The van der Waals surface area contributed by atoms with E-state index >= 15 is 0 Å². The second kappa shape index (κ2) is 4.25. The number of hydrogen-bond acceptors (Lipinski definition) is 2. The van der Waals surface area contributed by atoms with Crippen LogP contribution in [-0.2, 0) is 0 Å². The van der Waals surface area contributed by atoms with Crippen LogP contribution in [0.1, 0.15) is 12.5 Å². The van der Waals surface area contributed by atoms with Crippen molar-refractivity contribution in [3.8, 4) is 0 Å². The van der Waals surface area contributed by atoms with E-state index < -0.39 is 6.09 Å². The molecule has 0 aliphatic heterocycles. The predicted molar refractivity (Wildman–Crippen MR) is 50.6 cm³/mol. The molecule has 0 radical (unpaired) electrons. The summed E-state index contributed by atoms with van der Waals surface area (Å²) in [6.45, 7) is 1.91. The number of amides is 1. The van der Waals surface area contributed by atoms with E-state index in [0.717, 1.165) is 5.56 Å². The van der Waals surface area contributed by atoms with Crippen LogP contribution in [0.3, 0.4) is 0 Å². The summed E-state index contributed by atoms with van der Waals surface area (Å²) in [4.78, 5) is 14.1. The molecular formula is C9H10N2O2. The number of nitrogens with zero attached hydrogens (tertiary/aromatic N) is 1. The molecule has 1 aromatic heterocycles. The smallest absolute Gasteiger partial charge is 0.410 e. The maximum Gasteiger partial charge on any atom is 0.410 e. The van der Waals surface area contributed by atoms with Crippen molar-refractivity contribution >= 4 is 18.0 Å². The van der Waals surface area contributed by atoms with Crippen molar-refractivity contribution in [3.05, 3.63) is 30.0 Å². The van der Waals surface area contributed by atoms with Gasteiger partial charge in [0, 0.05) is 6.20 Å². The molecule has 1 heterocycles. The molecule has 0 aromatic carbocycles. The quantitative estimate of drug-likeness (QED) is 0.729. The van der Waals surface area contributed by atoms with Gasteiger partial charge in [-0.05, 0) is 24.6 Å². The minimum Gasteiger partial charge on any atom is -0.465 e. The fourth-order valence-corrected chi connectivity index (χ4v) is 0.880. The maximum atomic E-state index is 10.2. The number of carboxylic acid groups (broad SMARTS) is 1. The minimum atomic E-state index is -1.11. The van der Waals surface area contributed by atoms with Crippen molar-refractivity contribution in [2.75, 3.05) is 5.32 Å². The molecule has 4 nitrogen and oxygen atoms in total. The van der Waals surface area contributed by atoms with Gasteiger partial charge < -0.3 is 5.11 Å². The second-order valence-corrected chi connectivity index (χ2v) is 2.41. The van der Waals surface area contributed by atoms with Crippen molar-refractivity contribution < 1.29 is 9.90 Å². The third kappa shape index (κ3) is 2.94. The molecule has 0 atom stereocenters. The summed E-state index contributed by atoms with van der Waals surface area (Å²) in [5.41, 5.74) is 0.943. The Morgan fingerprint density at radius 2 is 2.38 bits per heavy atom. The Labute approximate surface area is 75.9 Å². The summed E-state index contributed by atoms with van der Waals surface area (Å²) in [5, 5.41) is 10.5. The average molecular weight is 178 g/mol. The molecule has 0 aliphatic rings. The van der Waals surface area contributed by atoms with Gasteiger partial charge in [-0.15, -0.1) is 0 Å². The van der Waals surface area contributed by atoms with Gasteiger partial charge in [0.15, 0.2) is 0 Å². The number of anilines is 1. The average Bonchev–Trinajstić information content (AvgIpc) is 2.08. The standard InChI is InChI=1S/C9H10N2O2/c1-2-3-7-4-5-8(10-6-7)11-9(12)13/h2-6H,1H3,(H,10,11)(H,12,13)/b3-2-. The monoisotopic (exact) mass is 178 g/mol. The first-order chi connectivity index (χ1) is 6.22. The Hall–Kier alpha value is -1.84. The molecule has 1 amide bonds. The summed E-state index contributed by atoms with van der Waals surface area (Å²) in [6, 6.07) is 3.40. The number of pyridine rings is 1. The SMILES string of the molecule is C/C=C\c1ccc(NC(=O)O)nc1. The van der Waals surface area contributed by atoms with Crippen LogP contribution >= 0.6 is 0 Å². The number of carbonyl (C=O) groups is 1. The first-order valence-corrected chi connectivity index (χ1v) is 3.81. The zero-order valence-corrected chi connectivity index (χ0v) is 7.19. The zero-order chi connectivity index (χ0) is 9.68. The molecule has 0 spiro atoms. The molecule has 1 rings (SSSR count). The summed E-state index contributed by atoms with van der Waals surface area (Å²) >= 11 is 0. The van der Waals surface area contributed by atoms with Gasteiger partial charge >= 0.3 is 6.09 Å². The van der Waals surface area contributed by atoms with Crippen molar-refractivity contribution in [3.63, 3.8) is 0 Å². The summed E-state index contributed by atoms with van der Waals surface area (Å²) in [7, 11) is 0. The van der Waals surface area contributed by atoms with Crippen LogP contribution in [0, 0.1) is 0 Å². The summed E-state index contributed by atoms with van der Waals surface area (Å²) in [6.07, 6.45) is 4.27. The van der Waals surface area contributed by atoms with E-state index in [-0.39, 0.29) is 0 Å². The summed E-state index contributed by atoms with van der Waals surface area (Å²) in [5.74, 6) is 0.334. The van der Waals surface area contributed by atoms with E-state index in [1.165, 1.54) is 0 Å². The molecule has 0 saturated carbocycles. The van der Waals surface area contributed by atoms with Crippen LogP contribution < -0.4 is 5.32 Å². The minimum absolute atomic E-state index is 0.334. The van der Waals surface area contributed by atoms with E-state index in [2.05, 4.69) is 10.3 Å². The van der Waals surface area contributed by atoms with Gasteiger partial charge in [0.05, 0.1) is 0 Å². The van der Waals surface area contributed by atoms with Gasteiger partial charge in [0.2, 0.25) is 0 Å². The lowest BCUT2D eigenvalue weighted by Crippen LogP contribution is -2.08. The predicted octanol–water partition coefficient (Wildman–Crippen LogP) is 2.20. The van der Waals surface area contributed by atoms with Gasteiger partial charge in [0.25, 0.3) is 0 Å². The number of nitrogens with one attached hydrogen (secondary N) is 1. The van der Waals surface area contributed by atoms with Gasteiger partial charge in [-0.1, -0.05) is 12.2 Å². The van der Waals surface area contributed by atoms with Crippen LogP contribution in [0.5, 0.6) is 0 Å². The molecule has 68 valence electrons. The normalized spacial score (nSPS) is 10.2. The second-order valence-electron chi connectivity index (χ2n) is 2.41. The third-order valence-corrected chi connectivity index (χ3v) is 1.38. The van der Waals surface area contributed by atoms with E-state index in [9.17, 15) is 4.79 Å². The molecule has 13 heavy (non-hydrogen) atoms. The Morgan fingerprint density at radius 3 is 2.85 bits per heavy atom. The molecule has 2 N–H and O–H groups in total. The van der Waals surface area contributed by atoms with Crippen LogP contribution in [0.4, 0.5) is 10.6 Å². The molecule has 0 saturated heterocycles. The van der Waals surface area contributed by atoms with Crippen molar-refractivity contribution in [1.82, 2.24) is 4.98 Å². The molecule has 1 aromatic rings. The molecule has 0 unspecified atom stereocenters. The van der Waals surface area contributed by atoms with E-state index in [1.807, 2.05) is 19.1 Å². The van der Waals surface area contributed by atoms with Crippen LogP contribution in [0.15, 0.2) is 24.4 Å². The molecule has 0 fully saturated rings. The number of hydrogen-bond donors (Lipinski definition) is 2. The number of rotatable bonds is 2. The van der Waals surface area contributed by atoms with Crippen LogP contribution in [0.2, 0.25) is 0 Å². The topological polar surface area (TPSA) is 62.2 Å². The third-order valence-electron chi connectivity index (χ3n) is 1.38. The Balaban J connectivity index is 2.75. The van der Waals surface area contributed by atoms with Gasteiger partial charge in [-0.3, -0.25) is 5.32 Å². The number of aromatic nitrogens is 1. The lowest BCUT2D eigenvalue weighted by Gasteiger charge is -1.98. The van der Waals surface area contributed by atoms with Crippen molar-refractivity contribution in [2.45, 2.75) is 6.92 Å². The van der Waals surface area contributed by atoms with Crippen molar-refractivity contribution in [1.29, 1.82) is 0 Å². The van der Waals surface area contributed by atoms with Gasteiger partial charge in [-0.2, -0.15) is 0 Å². The first kappa shape index (κ1) is 9.25. The van der Waals surface area contributed by atoms with Crippen molar-refractivity contribution in [2.24, 2.45) is 0 Å². The van der Waals surface area contributed by atoms with E-state index in [4.69, 9.17) is 5.11 Å². The highest BCUT2D eigenvalue weighted by Gasteiger charge is 1.97. The molecule has 0 bridgehead atoms. The van der Waals surface area contributed by atoms with Gasteiger partial charge in [-0.25, -0.2) is 9.78 Å². The zero-order valence-electron chi connectivity index (χ0n) is 7.19. The Bertz CT molecular complexity index is 317. The fourth-order valence-electron chi connectivity index (χ4n) is 0.880. The van der Waals surface area contributed by atoms with Crippen LogP contribution in [-0.4, -0.2) is 16.2 Å².